The van der Waals surface area contributed by atoms with E-state index in [1.807, 2.05) is 12.1 Å². The Bertz CT molecular complexity index is 670. The van der Waals surface area contributed by atoms with E-state index >= 15 is 0 Å². The molecule has 1 aromatic heterocycles. The summed E-state index contributed by atoms with van der Waals surface area (Å²) in [4.78, 5) is 4.70. The number of ether oxygens (including phenoxy) is 2. The van der Waals surface area contributed by atoms with E-state index in [1.54, 1.807) is 0 Å². The number of imidazole rings is 1. The highest BCUT2D eigenvalue weighted by Gasteiger charge is 2.18. The van der Waals surface area contributed by atoms with Crippen molar-refractivity contribution >= 4 is 11.0 Å². The fourth-order valence-electron chi connectivity index (χ4n) is 2.50. The third kappa shape index (κ3) is 2.18. The van der Waals surface area contributed by atoms with Gasteiger partial charge in [0.15, 0.2) is 11.5 Å². The van der Waals surface area contributed by atoms with Gasteiger partial charge in [-0.25, -0.2) is 4.98 Å². The first-order chi connectivity index (χ1) is 9.83. The zero-order chi connectivity index (χ0) is 13.9. The van der Waals surface area contributed by atoms with E-state index < -0.39 is 0 Å². The molecule has 0 aliphatic carbocycles. The average Bonchev–Trinajstić information content (AvgIpc) is 3.03. The van der Waals surface area contributed by atoms with Crippen LogP contribution in [0, 0.1) is 11.3 Å². The van der Waals surface area contributed by atoms with Crippen LogP contribution in [0.25, 0.3) is 11.0 Å². The number of benzene rings is 1. The molecule has 0 amide bonds. The number of rotatable bonds is 5. The Balaban J connectivity index is 2.06. The smallest absolute Gasteiger partial charge is 0.231 e. The van der Waals surface area contributed by atoms with Gasteiger partial charge in [-0.1, -0.05) is 13.3 Å². The van der Waals surface area contributed by atoms with Crippen LogP contribution < -0.4 is 9.47 Å². The molecule has 0 atom stereocenters. The van der Waals surface area contributed by atoms with E-state index in [0.717, 1.165) is 47.6 Å². The Hall–Kier alpha value is -2.22. The van der Waals surface area contributed by atoms with Crippen LogP contribution in [0.5, 0.6) is 11.5 Å². The van der Waals surface area contributed by atoms with Crippen molar-refractivity contribution in [1.29, 1.82) is 5.26 Å². The molecule has 104 valence electrons. The lowest BCUT2D eigenvalue weighted by Gasteiger charge is -2.06. The monoisotopic (exact) mass is 271 g/mol. The molecule has 2 heterocycles. The van der Waals surface area contributed by atoms with E-state index in [4.69, 9.17) is 19.7 Å². The van der Waals surface area contributed by atoms with E-state index in [2.05, 4.69) is 17.6 Å². The molecule has 2 aromatic rings. The second kappa shape index (κ2) is 5.41. The molecule has 0 N–H and O–H groups in total. The lowest BCUT2D eigenvalue weighted by molar-refractivity contribution is 0.174. The normalized spacial score (nSPS) is 12.8. The highest BCUT2D eigenvalue weighted by molar-refractivity contribution is 5.81. The number of hydrogen-bond acceptors (Lipinski definition) is 4. The van der Waals surface area contributed by atoms with Crippen molar-refractivity contribution < 1.29 is 9.47 Å². The molecule has 3 rings (SSSR count). The lowest BCUT2D eigenvalue weighted by Crippen LogP contribution is -2.03. The first-order valence-electron chi connectivity index (χ1n) is 6.99. The minimum atomic E-state index is 0.267. The Morgan fingerprint density at radius 3 is 2.90 bits per heavy atom. The molecule has 0 spiro atoms. The summed E-state index contributed by atoms with van der Waals surface area (Å²) in [6.45, 7) is 3.10. The van der Waals surface area contributed by atoms with E-state index in [1.165, 1.54) is 0 Å². The maximum atomic E-state index is 8.83. The fourth-order valence-corrected chi connectivity index (χ4v) is 2.50. The Morgan fingerprint density at radius 1 is 1.35 bits per heavy atom. The van der Waals surface area contributed by atoms with Crippen LogP contribution in [-0.4, -0.2) is 16.3 Å². The molecule has 20 heavy (non-hydrogen) atoms. The summed E-state index contributed by atoms with van der Waals surface area (Å²) in [6.07, 6.45) is 3.65. The number of fused-ring (bicyclic) bond motifs is 2. The molecular weight excluding hydrogens is 254 g/mol. The van der Waals surface area contributed by atoms with Crippen molar-refractivity contribution in [3.05, 3.63) is 18.0 Å². The van der Waals surface area contributed by atoms with Crippen molar-refractivity contribution in [3.8, 4) is 17.6 Å². The van der Waals surface area contributed by atoms with Gasteiger partial charge in [-0.05, 0) is 6.42 Å². The van der Waals surface area contributed by atoms with Crippen molar-refractivity contribution in [2.24, 2.45) is 0 Å². The van der Waals surface area contributed by atoms with E-state index in [0.29, 0.717) is 13.0 Å². The SMILES string of the molecule is CCCCc1nc2cc3c(cc2n1CCC#N)OCO3. The quantitative estimate of drug-likeness (QED) is 0.838. The minimum absolute atomic E-state index is 0.267. The van der Waals surface area contributed by atoms with Gasteiger partial charge in [0.25, 0.3) is 0 Å². The first kappa shape index (κ1) is 12.8. The number of nitrogens with zero attached hydrogens (tertiary/aromatic N) is 3. The van der Waals surface area contributed by atoms with Crippen molar-refractivity contribution in [2.75, 3.05) is 6.79 Å². The van der Waals surface area contributed by atoms with Crippen LogP contribution in [0.2, 0.25) is 0 Å². The van der Waals surface area contributed by atoms with Gasteiger partial charge in [0, 0.05) is 25.1 Å². The standard InChI is InChI=1S/C15H17N3O2/c1-2-3-5-15-17-11-8-13-14(20-10-19-13)9-12(11)18(15)7-4-6-16/h8-9H,2-5,7,10H2,1H3. The Labute approximate surface area is 117 Å². The summed E-state index contributed by atoms with van der Waals surface area (Å²) >= 11 is 0. The molecule has 0 bridgehead atoms. The van der Waals surface area contributed by atoms with Crippen LogP contribution >= 0.6 is 0 Å². The number of unbranched alkanes of at least 4 members (excludes halogenated alkanes) is 1. The summed E-state index contributed by atoms with van der Waals surface area (Å²) in [5.41, 5.74) is 1.94. The number of aryl methyl sites for hydroxylation is 2. The Morgan fingerprint density at radius 2 is 2.15 bits per heavy atom. The average molecular weight is 271 g/mol. The molecule has 1 aromatic carbocycles. The molecule has 0 radical (unpaired) electrons. The molecule has 0 unspecified atom stereocenters. The summed E-state index contributed by atoms with van der Waals surface area (Å²) in [7, 11) is 0. The highest BCUT2D eigenvalue weighted by atomic mass is 16.7. The van der Waals surface area contributed by atoms with E-state index in [-0.39, 0.29) is 6.79 Å². The molecule has 0 saturated heterocycles. The van der Waals surface area contributed by atoms with Gasteiger partial charge < -0.3 is 14.0 Å². The van der Waals surface area contributed by atoms with Crippen LogP contribution in [0.3, 0.4) is 0 Å². The van der Waals surface area contributed by atoms with E-state index in [9.17, 15) is 0 Å². The molecule has 0 saturated carbocycles. The first-order valence-corrected chi connectivity index (χ1v) is 6.99. The van der Waals surface area contributed by atoms with Crippen LogP contribution in [0.15, 0.2) is 12.1 Å². The molecule has 1 aliphatic rings. The van der Waals surface area contributed by atoms with Gasteiger partial charge in [0.2, 0.25) is 6.79 Å². The molecule has 0 fully saturated rings. The van der Waals surface area contributed by atoms with Crippen molar-refractivity contribution in [3.63, 3.8) is 0 Å². The number of nitriles is 1. The maximum absolute atomic E-state index is 8.83. The summed E-state index contributed by atoms with van der Waals surface area (Å²) < 4.78 is 13.0. The number of aromatic nitrogens is 2. The maximum Gasteiger partial charge on any atom is 0.231 e. The van der Waals surface area contributed by atoms with Crippen molar-refractivity contribution in [2.45, 2.75) is 39.2 Å². The third-order valence-corrected chi connectivity index (χ3v) is 3.52. The van der Waals surface area contributed by atoms with Crippen LogP contribution in [0.4, 0.5) is 0 Å². The van der Waals surface area contributed by atoms with Gasteiger partial charge in [0.05, 0.1) is 23.5 Å². The molecule has 5 heteroatoms. The zero-order valence-corrected chi connectivity index (χ0v) is 11.6. The van der Waals surface area contributed by atoms with Gasteiger partial charge in [-0.2, -0.15) is 5.26 Å². The Kier molecular flexibility index (Phi) is 3.46. The lowest BCUT2D eigenvalue weighted by atomic mass is 10.2. The van der Waals surface area contributed by atoms with Crippen molar-refractivity contribution in [1.82, 2.24) is 9.55 Å². The third-order valence-electron chi connectivity index (χ3n) is 3.52. The summed E-state index contributed by atoms with van der Waals surface area (Å²) in [5, 5.41) is 8.83. The summed E-state index contributed by atoms with van der Waals surface area (Å²) in [5.74, 6) is 2.56. The number of hydrogen-bond donors (Lipinski definition) is 0. The van der Waals surface area contributed by atoms with Crippen LogP contribution in [0.1, 0.15) is 32.0 Å². The van der Waals surface area contributed by atoms with Gasteiger partial charge in [-0.3, -0.25) is 0 Å². The predicted octanol–water partition coefficient (Wildman–Crippen LogP) is 3.02. The largest absolute Gasteiger partial charge is 0.454 e. The molecule has 5 nitrogen and oxygen atoms in total. The van der Waals surface area contributed by atoms with Gasteiger partial charge in [-0.15, -0.1) is 0 Å². The van der Waals surface area contributed by atoms with Crippen LogP contribution in [-0.2, 0) is 13.0 Å². The van der Waals surface area contributed by atoms with Gasteiger partial charge >= 0.3 is 0 Å². The zero-order valence-electron chi connectivity index (χ0n) is 11.6. The fraction of sp³-hybridized carbons (Fsp3) is 0.467. The highest BCUT2D eigenvalue weighted by Crippen LogP contribution is 2.36. The predicted molar refractivity (Wildman–Crippen MR) is 74.7 cm³/mol. The minimum Gasteiger partial charge on any atom is -0.454 e. The van der Waals surface area contributed by atoms with Gasteiger partial charge in [0.1, 0.15) is 5.82 Å². The molecular formula is C15H17N3O2. The summed E-state index contributed by atoms with van der Waals surface area (Å²) in [6, 6.07) is 6.10. The topological polar surface area (TPSA) is 60.1 Å². The second-order valence-electron chi connectivity index (χ2n) is 4.89. The second-order valence-corrected chi connectivity index (χ2v) is 4.89. The molecule has 1 aliphatic heterocycles.